The molecular formula is C9H14O6. The molecule has 0 aromatic carbocycles. The molecule has 0 unspecified atom stereocenters. The van der Waals surface area contributed by atoms with Crippen molar-refractivity contribution in [1.82, 2.24) is 0 Å². The molecule has 0 radical (unpaired) electrons. The molecule has 0 aromatic heterocycles. The molecule has 0 aromatic rings. The molecule has 0 bridgehead atoms. The van der Waals surface area contributed by atoms with E-state index in [0.717, 1.165) is 0 Å². The summed E-state index contributed by atoms with van der Waals surface area (Å²) < 4.78 is 4.54. The number of aliphatic hydroxyl groups is 4. The van der Waals surface area contributed by atoms with Gasteiger partial charge in [0.1, 0.15) is 11.9 Å². The van der Waals surface area contributed by atoms with E-state index in [2.05, 4.69) is 4.74 Å². The fourth-order valence-electron chi connectivity index (χ4n) is 1.30. The molecule has 1 fully saturated rings. The van der Waals surface area contributed by atoms with Gasteiger partial charge in [0.25, 0.3) is 0 Å². The number of ether oxygens (including phenoxy) is 1. The molecule has 86 valence electrons. The zero-order valence-corrected chi connectivity index (χ0v) is 8.41. The Kier molecular flexibility index (Phi) is 3.33. The first-order valence-corrected chi connectivity index (χ1v) is 4.47. The van der Waals surface area contributed by atoms with Gasteiger partial charge in [-0.1, -0.05) is 0 Å². The lowest BCUT2D eigenvalue weighted by atomic mass is 10.0. The topological polar surface area (TPSA) is 107 Å². The number of carbonyl (C=O) groups is 1. The summed E-state index contributed by atoms with van der Waals surface area (Å²) in [6.07, 6.45) is -6.06. The molecule has 0 aliphatic carbocycles. The first-order valence-electron chi connectivity index (χ1n) is 4.47. The lowest BCUT2D eigenvalue weighted by Crippen LogP contribution is -2.39. The summed E-state index contributed by atoms with van der Waals surface area (Å²) in [5.41, 5.74) is 0.437. The van der Waals surface area contributed by atoms with Crippen molar-refractivity contribution in [2.75, 3.05) is 0 Å². The maximum Gasteiger partial charge on any atom is 0.338 e. The van der Waals surface area contributed by atoms with Gasteiger partial charge < -0.3 is 25.2 Å². The minimum atomic E-state index is -1.67. The van der Waals surface area contributed by atoms with Crippen LogP contribution in [-0.2, 0) is 9.53 Å². The second-order valence-electron chi connectivity index (χ2n) is 3.67. The van der Waals surface area contributed by atoms with E-state index in [0.29, 0.717) is 5.57 Å². The van der Waals surface area contributed by atoms with E-state index in [9.17, 15) is 20.1 Å². The monoisotopic (exact) mass is 218 g/mol. The predicted molar refractivity (Wildman–Crippen MR) is 48.9 cm³/mol. The van der Waals surface area contributed by atoms with Gasteiger partial charge in [-0.05, 0) is 19.4 Å². The second-order valence-corrected chi connectivity index (χ2v) is 3.67. The minimum Gasteiger partial charge on any atom is -0.509 e. The Hall–Kier alpha value is -1.11. The van der Waals surface area contributed by atoms with Crippen molar-refractivity contribution in [2.45, 2.75) is 38.3 Å². The summed E-state index contributed by atoms with van der Waals surface area (Å²) in [4.78, 5) is 10.9. The molecule has 4 atom stereocenters. The van der Waals surface area contributed by atoms with E-state index < -0.39 is 30.4 Å². The summed E-state index contributed by atoms with van der Waals surface area (Å²) in [6.45, 7) is 3.11. The normalized spacial score (nSPS) is 32.3. The van der Waals surface area contributed by atoms with Gasteiger partial charge >= 0.3 is 5.97 Å². The van der Waals surface area contributed by atoms with Gasteiger partial charge in [0.15, 0.2) is 18.3 Å². The molecule has 15 heavy (non-hydrogen) atoms. The first-order chi connectivity index (χ1) is 6.86. The number of rotatable bonds is 2. The van der Waals surface area contributed by atoms with Crippen LogP contribution in [0.15, 0.2) is 11.3 Å². The van der Waals surface area contributed by atoms with Gasteiger partial charge in [-0.25, -0.2) is 4.79 Å². The Morgan fingerprint density at radius 3 is 2.27 bits per heavy atom. The van der Waals surface area contributed by atoms with Crippen LogP contribution in [0.25, 0.3) is 0 Å². The van der Waals surface area contributed by atoms with Crippen LogP contribution in [0.5, 0.6) is 0 Å². The Bertz CT molecular complexity index is 293. The Balaban J connectivity index is 2.83. The number of allylic oxidation sites excluding steroid dienone is 1. The summed E-state index contributed by atoms with van der Waals surface area (Å²) in [5, 5.41) is 37.3. The van der Waals surface area contributed by atoms with Crippen LogP contribution in [-0.4, -0.2) is 50.8 Å². The summed E-state index contributed by atoms with van der Waals surface area (Å²) in [6, 6.07) is 0. The molecule has 1 saturated heterocycles. The van der Waals surface area contributed by atoms with Crippen LogP contribution in [0.1, 0.15) is 13.8 Å². The highest BCUT2D eigenvalue weighted by Crippen LogP contribution is 2.22. The number of carbonyl (C=O) groups excluding carboxylic acids is 1. The molecular weight excluding hydrogens is 204 g/mol. The number of cyclic esters (lactones) is 1. The quantitative estimate of drug-likeness (QED) is 0.344. The average Bonchev–Trinajstić information content (AvgIpc) is 2.43. The van der Waals surface area contributed by atoms with Gasteiger partial charge in [0.05, 0.1) is 0 Å². The number of esters is 1. The predicted octanol–water partition coefficient (Wildman–Crippen LogP) is -1.15. The zero-order valence-electron chi connectivity index (χ0n) is 8.41. The number of hydrogen-bond acceptors (Lipinski definition) is 6. The lowest BCUT2D eigenvalue weighted by molar-refractivity contribution is -0.150. The molecule has 6 heteroatoms. The lowest BCUT2D eigenvalue weighted by Gasteiger charge is -2.20. The maximum absolute atomic E-state index is 10.9. The standard InChI is InChI=1S/C9H14O6/c1-3(2)4(10)5(11)8-6(12)7(13)9(14)15-8/h5-8,10-13H,1-2H3/t5-,6-,7-,8+/m1/s1. The van der Waals surface area contributed by atoms with Crippen molar-refractivity contribution >= 4 is 5.97 Å². The Labute approximate surface area is 86.4 Å². The van der Waals surface area contributed by atoms with Crippen molar-refractivity contribution in [3.63, 3.8) is 0 Å². The van der Waals surface area contributed by atoms with E-state index in [1.807, 2.05) is 0 Å². The Morgan fingerprint density at radius 1 is 1.40 bits per heavy atom. The number of aliphatic hydroxyl groups excluding tert-OH is 4. The summed E-state index contributed by atoms with van der Waals surface area (Å²) in [5.74, 6) is -1.38. The van der Waals surface area contributed by atoms with Gasteiger partial charge in [-0.2, -0.15) is 0 Å². The van der Waals surface area contributed by atoms with Crippen molar-refractivity contribution < 1.29 is 30.0 Å². The molecule has 6 nitrogen and oxygen atoms in total. The smallest absolute Gasteiger partial charge is 0.338 e. The fourth-order valence-corrected chi connectivity index (χ4v) is 1.30. The molecule has 1 aliphatic heterocycles. The van der Waals surface area contributed by atoms with Crippen LogP contribution in [0.4, 0.5) is 0 Å². The van der Waals surface area contributed by atoms with E-state index in [1.54, 1.807) is 13.8 Å². The van der Waals surface area contributed by atoms with Gasteiger partial charge in [0.2, 0.25) is 0 Å². The maximum atomic E-state index is 10.9. The third kappa shape index (κ3) is 2.11. The van der Waals surface area contributed by atoms with Crippen LogP contribution in [0.2, 0.25) is 0 Å². The van der Waals surface area contributed by atoms with Gasteiger partial charge in [0, 0.05) is 0 Å². The van der Waals surface area contributed by atoms with E-state index in [4.69, 9.17) is 5.11 Å². The molecule has 0 amide bonds. The first kappa shape index (κ1) is 12.0. The second kappa shape index (κ2) is 4.18. The zero-order chi connectivity index (χ0) is 11.7. The van der Waals surface area contributed by atoms with Crippen LogP contribution in [0, 0.1) is 0 Å². The molecule has 1 heterocycles. The van der Waals surface area contributed by atoms with Crippen molar-refractivity contribution in [3.05, 3.63) is 11.3 Å². The van der Waals surface area contributed by atoms with Gasteiger partial charge in [-0.15, -0.1) is 0 Å². The number of hydrogen-bond donors (Lipinski definition) is 4. The highest BCUT2D eigenvalue weighted by atomic mass is 16.6. The molecule has 1 aliphatic rings. The SMILES string of the molecule is CC(C)=C(O)[C@@H](O)[C@@H]1OC(=O)[C@H](O)[C@H]1O. The van der Waals surface area contributed by atoms with Crippen molar-refractivity contribution in [1.29, 1.82) is 0 Å². The molecule has 0 spiro atoms. The third-order valence-electron chi connectivity index (χ3n) is 2.26. The van der Waals surface area contributed by atoms with E-state index in [-0.39, 0.29) is 5.76 Å². The van der Waals surface area contributed by atoms with E-state index in [1.165, 1.54) is 0 Å². The third-order valence-corrected chi connectivity index (χ3v) is 2.26. The molecule has 4 N–H and O–H groups in total. The average molecular weight is 218 g/mol. The summed E-state index contributed by atoms with van der Waals surface area (Å²) in [7, 11) is 0. The Morgan fingerprint density at radius 2 is 1.93 bits per heavy atom. The van der Waals surface area contributed by atoms with Crippen molar-refractivity contribution in [2.24, 2.45) is 0 Å². The molecule has 0 saturated carbocycles. The largest absolute Gasteiger partial charge is 0.509 e. The fraction of sp³-hybridized carbons (Fsp3) is 0.667. The van der Waals surface area contributed by atoms with Crippen LogP contribution in [0.3, 0.4) is 0 Å². The highest BCUT2D eigenvalue weighted by molar-refractivity contribution is 5.77. The van der Waals surface area contributed by atoms with Crippen LogP contribution < -0.4 is 0 Å². The minimum absolute atomic E-state index is 0.374. The summed E-state index contributed by atoms with van der Waals surface area (Å²) >= 11 is 0. The van der Waals surface area contributed by atoms with Gasteiger partial charge in [-0.3, -0.25) is 0 Å². The molecule has 1 rings (SSSR count). The highest BCUT2D eigenvalue weighted by Gasteiger charge is 2.47. The van der Waals surface area contributed by atoms with Crippen LogP contribution >= 0.6 is 0 Å². The van der Waals surface area contributed by atoms with Crippen molar-refractivity contribution in [3.8, 4) is 0 Å². The van der Waals surface area contributed by atoms with E-state index >= 15 is 0 Å².